The first-order valence-corrected chi connectivity index (χ1v) is 11.6. The molecule has 0 saturated carbocycles. The maximum absolute atomic E-state index is 13.6. The Morgan fingerprint density at radius 3 is 2.00 bits per heavy atom. The molecule has 0 N–H and O–H groups in total. The Hall–Kier alpha value is -2.59. The fraction of sp³-hybridized carbons (Fsp3) is 0.280. The topological polar surface area (TPSA) is 37.4 Å². The highest BCUT2D eigenvalue weighted by Crippen LogP contribution is 2.51. The quantitative estimate of drug-likeness (QED) is 0.574. The summed E-state index contributed by atoms with van der Waals surface area (Å²) < 4.78 is 28.9. The molecular formula is C25H27NO2S. The van der Waals surface area contributed by atoms with E-state index in [1.807, 2.05) is 68.4 Å². The third kappa shape index (κ3) is 3.46. The molecule has 150 valence electrons. The van der Waals surface area contributed by atoms with Crippen molar-refractivity contribution in [3.63, 3.8) is 0 Å². The van der Waals surface area contributed by atoms with Crippen LogP contribution in [-0.4, -0.2) is 14.0 Å². The summed E-state index contributed by atoms with van der Waals surface area (Å²) in [5.41, 5.74) is 3.03. The summed E-state index contributed by atoms with van der Waals surface area (Å²) in [4.78, 5) is 0. The van der Waals surface area contributed by atoms with E-state index in [1.54, 1.807) is 4.31 Å². The predicted molar refractivity (Wildman–Crippen MR) is 120 cm³/mol. The molecule has 0 spiro atoms. The highest BCUT2D eigenvalue weighted by atomic mass is 32.2. The van der Waals surface area contributed by atoms with E-state index >= 15 is 0 Å². The molecular weight excluding hydrogens is 378 g/mol. The monoisotopic (exact) mass is 405 g/mol. The molecule has 1 aliphatic heterocycles. The Labute approximate surface area is 174 Å². The van der Waals surface area contributed by atoms with E-state index < -0.39 is 15.6 Å². The van der Waals surface area contributed by atoms with E-state index in [4.69, 9.17) is 0 Å². The molecule has 1 atom stereocenters. The Morgan fingerprint density at radius 2 is 1.34 bits per heavy atom. The van der Waals surface area contributed by atoms with Crippen LogP contribution in [0.5, 0.6) is 0 Å². The molecule has 4 rings (SSSR count). The van der Waals surface area contributed by atoms with Gasteiger partial charge in [0.25, 0.3) is 0 Å². The van der Waals surface area contributed by atoms with Crippen molar-refractivity contribution >= 4 is 15.7 Å². The molecule has 0 unspecified atom stereocenters. The first kappa shape index (κ1) is 19.7. The first-order valence-electron chi connectivity index (χ1n) is 9.96. The lowest BCUT2D eigenvalue weighted by Crippen LogP contribution is -2.56. The van der Waals surface area contributed by atoms with Gasteiger partial charge in [-0.2, -0.15) is 0 Å². The zero-order chi connectivity index (χ0) is 20.7. The number of anilines is 1. The largest absolute Gasteiger partial charge is 0.264 e. The van der Waals surface area contributed by atoms with E-state index in [-0.39, 0.29) is 11.2 Å². The van der Waals surface area contributed by atoms with Crippen LogP contribution in [0, 0.1) is 0 Å². The molecule has 1 aliphatic rings. The van der Waals surface area contributed by atoms with Crippen LogP contribution in [0.25, 0.3) is 0 Å². The number of benzene rings is 3. The number of nitrogens with zero attached hydrogens (tertiary/aromatic N) is 1. The van der Waals surface area contributed by atoms with Crippen LogP contribution in [-0.2, 0) is 21.2 Å². The lowest BCUT2D eigenvalue weighted by Gasteiger charge is -2.51. The van der Waals surface area contributed by atoms with E-state index in [0.29, 0.717) is 6.42 Å². The van der Waals surface area contributed by atoms with Crippen LogP contribution in [0.4, 0.5) is 5.69 Å². The van der Waals surface area contributed by atoms with Crippen LogP contribution in [0.15, 0.2) is 84.9 Å². The van der Waals surface area contributed by atoms with Crippen LogP contribution in [0.2, 0.25) is 0 Å². The highest BCUT2D eigenvalue weighted by Gasteiger charge is 2.49. The molecule has 0 radical (unpaired) electrons. The Morgan fingerprint density at radius 1 is 0.793 bits per heavy atom. The summed E-state index contributed by atoms with van der Waals surface area (Å²) in [6.07, 6.45) is 0.703. The maximum atomic E-state index is 13.6. The standard InChI is InChI=1S/C25H27NO2S/c1-24(2)19-25(3,21-14-8-5-9-15-21)22-16-10-11-17-23(22)26(24)29(27,28)18-20-12-6-4-7-13-20/h4-17H,18-19H2,1-3H3/t25-/m1/s1. The number of hydrogen-bond donors (Lipinski definition) is 0. The van der Waals surface area contributed by atoms with Crippen LogP contribution < -0.4 is 4.31 Å². The van der Waals surface area contributed by atoms with E-state index in [2.05, 4.69) is 37.3 Å². The second-order valence-electron chi connectivity index (χ2n) is 8.71. The van der Waals surface area contributed by atoms with E-state index in [1.165, 1.54) is 5.56 Å². The van der Waals surface area contributed by atoms with Gasteiger partial charge < -0.3 is 0 Å². The third-order valence-electron chi connectivity index (χ3n) is 5.93. The van der Waals surface area contributed by atoms with Gasteiger partial charge in [-0.25, -0.2) is 8.42 Å². The fourth-order valence-electron chi connectivity index (χ4n) is 4.91. The van der Waals surface area contributed by atoms with Crippen molar-refractivity contribution in [2.45, 2.75) is 43.9 Å². The summed E-state index contributed by atoms with van der Waals surface area (Å²) in [5.74, 6) is -0.00629. The van der Waals surface area contributed by atoms with Gasteiger partial charge in [0.15, 0.2) is 0 Å². The highest BCUT2D eigenvalue weighted by molar-refractivity contribution is 7.92. The molecule has 0 saturated heterocycles. The van der Waals surface area contributed by atoms with Crippen molar-refractivity contribution in [2.75, 3.05) is 4.31 Å². The normalized spacial score (nSPS) is 20.9. The van der Waals surface area contributed by atoms with E-state index in [9.17, 15) is 8.42 Å². The lowest BCUT2D eigenvalue weighted by atomic mass is 9.66. The summed E-state index contributed by atoms with van der Waals surface area (Å²) in [5, 5.41) is 0. The zero-order valence-corrected chi connectivity index (χ0v) is 18.0. The summed E-state index contributed by atoms with van der Waals surface area (Å²) in [6.45, 7) is 6.30. The maximum Gasteiger partial charge on any atom is 0.239 e. The Balaban J connectivity index is 1.87. The van der Waals surface area contributed by atoms with Crippen molar-refractivity contribution in [3.8, 4) is 0 Å². The van der Waals surface area contributed by atoms with E-state index in [0.717, 1.165) is 16.8 Å². The van der Waals surface area contributed by atoms with Gasteiger partial charge >= 0.3 is 0 Å². The SMILES string of the molecule is CC1(C)C[C@](C)(c2ccccc2)c2ccccc2N1S(=O)(=O)Cc1ccccc1. The molecule has 4 heteroatoms. The smallest absolute Gasteiger partial charge is 0.239 e. The van der Waals surface area contributed by atoms with Gasteiger partial charge in [0.05, 0.1) is 17.0 Å². The summed E-state index contributed by atoms with van der Waals surface area (Å²) in [7, 11) is -3.56. The number of sulfonamides is 1. The van der Waals surface area contributed by atoms with Gasteiger partial charge in [-0.3, -0.25) is 4.31 Å². The molecule has 0 amide bonds. The Kier molecular flexibility index (Phi) is 4.78. The van der Waals surface area contributed by atoms with Gasteiger partial charge in [0, 0.05) is 5.41 Å². The summed E-state index contributed by atoms with van der Waals surface area (Å²) >= 11 is 0. The van der Waals surface area contributed by atoms with Gasteiger partial charge in [-0.1, -0.05) is 85.8 Å². The zero-order valence-electron chi connectivity index (χ0n) is 17.2. The third-order valence-corrected chi connectivity index (χ3v) is 7.88. The number of rotatable bonds is 4. The molecule has 0 aliphatic carbocycles. The molecule has 3 nitrogen and oxygen atoms in total. The van der Waals surface area contributed by atoms with Crippen molar-refractivity contribution in [3.05, 3.63) is 102 Å². The average molecular weight is 406 g/mol. The van der Waals surface area contributed by atoms with Crippen molar-refractivity contribution in [1.82, 2.24) is 0 Å². The number of para-hydroxylation sites is 1. The van der Waals surface area contributed by atoms with Gasteiger partial charge in [-0.05, 0) is 43.0 Å². The average Bonchev–Trinajstić information content (AvgIpc) is 2.68. The minimum absolute atomic E-state index is 0.00629. The van der Waals surface area contributed by atoms with Crippen molar-refractivity contribution < 1.29 is 8.42 Å². The van der Waals surface area contributed by atoms with Gasteiger partial charge in [0.2, 0.25) is 10.0 Å². The Bertz CT molecular complexity index is 1110. The van der Waals surface area contributed by atoms with Gasteiger partial charge in [0.1, 0.15) is 0 Å². The van der Waals surface area contributed by atoms with Gasteiger partial charge in [-0.15, -0.1) is 0 Å². The van der Waals surface area contributed by atoms with Crippen molar-refractivity contribution in [1.29, 1.82) is 0 Å². The predicted octanol–water partition coefficient (Wildman–Crippen LogP) is 5.51. The van der Waals surface area contributed by atoms with Crippen LogP contribution >= 0.6 is 0 Å². The minimum atomic E-state index is -3.56. The number of fused-ring (bicyclic) bond motifs is 1. The lowest BCUT2D eigenvalue weighted by molar-refractivity contribution is 0.351. The molecule has 0 fully saturated rings. The second kappa shape index (κ2) is 7.03. The second-order valence-corrected chi connectivity index (χ2v) is 10.5. The molecule has 0 bridgehead atoms. The fourth-order valence-corrected chi connectivity index (χ4v) is 6.93. The molecule has 3 aromatic rings. The molecule has 29 heavy (non-hydrogen) atoms. The molecule has 3 aromatic carbocycles. The summed E-state index contributed by atoms with van der Waals surface area (Å²) in [6, 6.07) is 27.7. The minimum Gasteiger partial charge on any atom is -0.264 e. The van der Waals surface area contributed by atoms with Crippen molar-refractivity contribution in [2.24, 2.45) is 0 Å². The first-order chi connectivity index (χ1) is 13.7. The number of hydrogen-bond acceptors (Lipinski definition) is 2. The molecule has 0 aromatic heterocycles. The van der Waals surface area contributed by atoms with Crippen LogP contribution in [0.3, 0.4) is 0 Å². The molecule has 1 heterocycles. The van der Waals surface area contributed by atoms with Crippen LogP contribution in [0.1, 0.15) is 43.9 Å².